The first-order valence-corrected chi connectivity index (χ1v) is 4.92. The van der Waals surface area contributed by atoms with Crippen LogP contribution in [-0.2, 0) is 14.9 Å². The third-order valence-electron chi connectivity index (χ3n) is 1.36. The molecular weight excluding hydrogens is 152 g/mol. The topological polar surface area (TPSA) is 54.0 Å². The van der Waals surface area contributed by atoms with Crippen LogP contribution in [-0.4, -0.2) is 19.1 Å². The van der Waals surface area contributed by atoms with Crippen LogP contribution in [0.15, 0.2) is 0 Å². The van der Waals surface area contributed by atoms with E-state index < -0.39 is 20.5 Å². The van der Waals surface area contributed by atoms with Crippen molar-refractivity contribution in [3.8, 4) is 0 Å². The lowest BCUT2D eigenvalue weighted by Gasteiger charge is -2.09. The van der Waals surface area contributed by atoms with Crippen LogP contribution < -0.4 is 0 Å². The first kappa shape index (κ1) is 9.91. The van der Waals surface area contributed by atoms with Crippen molar-refractivity contribution in [1.29, 1.82) is 0 Å². The predicted molar refractivity (Wildman–Crippen MR) is 38.8 cm³/mol. The maximum atomic E-state index is 10.9. The second-order valence-corrected chi connectivity index (χ2v) is 5.12. The lowest BCUT2D eigenvalue weighted by molar-refractivity contribution is 0.150. The molecule has 61 valence electrons. The van der Waals surface area contributed by atoms with Crippen LogP contribution in [0.1, 0.15) is 27.2 Å². The molecule has 0 heterocycles. The summed E-state index contributed by atoms with van der Waals surface area (Å²) in [5.74, 6) is 0. The van der Waals surface area contributed by atoms with Gasteiger partial charge in [-0.15, -0.1) is 0 Å². The van der Waals surface area contributed by atoms with Gasteiger partial charge in [-0.3, -0.25) is 0 Å². The molecule has 0 aromatic rings. The van der Waals surface area contributed by atoms with Gasteiger partial charge in [-0.05, 0) is 20.3 Å². The molecule has 0 bridgehead atoms. The molecule has 1 atom stereocenters. The molecule has 0 aliphatic rings. The SMILES string of the molecule is CCC([O])S(=O)(=O)C(C)C. The summed E-state index contributed by atoms with van der Waals surface area (Å²) in [5.41, 5.74) is -1.44. The molecule has 4 heteroatoms. The molecule has 0 amide bonds. The molecular formula is C6H13O3S. The van der Waals surface area contributed by atoms with Crippen LogP contribution >= 0.6 is 0 Å². The molecule has 3 nitrogen and oxygen atoms in total. The first-order chi connectivity index (χ1) is 4.42. The van der Waals surface area contributed by atoms with Gasteiger partial charge in [0.15, 0.2) is 15.3 Å². The van der Waals surface area contributed by atoms with Crippen molar-refractivity contribution in [2.24, 2.45) is 0 Å². The quantitative estimate of drug-likeness (QED) is 0.625. The summed E-state index contributed by atoms with van der Waals surface area (Å²) < 4.78 is 21.9. The van der Waals surface area contributed by atoms with Crippen LogP contribution in [0.3, 0.4) is 0 Å². The van der Waals surface area contributed by atoms with Crippen molar-refractivity contribution in [3.63, 3.8) is 0 Å². The van der Waals surface area contributed by atoms with E-state index in [1.807, 2.05) is 0 Å². The highest BCUT2D eigenvalue weighted by Gasteiger charge is 2.25. The van der Waals surface area contributed by atoms with Gasteiger partial charge in [-0.25, -0.2) is 13.5 Å². The van der Waals surface area contributed by atoms with Crippen LogP contribution in [0.4, 0.5) is 0 Å². The lowest BCUT2D eigenvalue weighted by atomic mass is 10.5. The van der Waals surface area contributed by atoms with Crippen molar-refractivity contribution < 1.29 is 13.5 Å². The van der Waals surface area contributed by atoms with Crippen LogP contribution in [0.25, 0.3) is 0 Å². The normalized spacial score (nSPS) is 15.7. The number of rotatable bonds is 3. The molecule has 0 aliphatic heterocycles. The molecule has 1 unspecified atom stereocenters. The Kier molecular flexibility index (Phi) is 3.31. The van der Waals surface area contributed by atoms with Gasteiger partial charge in [0.2, 0.25) is 0 Å². The Balaban J connectivity index is 4.42. The standard InChI is InChI=1S/C6H13O3S/c1-4-6(7)10(8,9)5(2)3/h5-6H,4H2,1-3H3. The minimum absolute atomic E-state index is 0.153. The zero-order chi connectivity index (χ0) is 8.36. The molecule has 0 fully saturated rings. The van der Waals surface area contributed by atoms with Gasteiger partial charge in [0.05, 0.1) is 5.25 Å². The van der Waals surface area contributed by atoms with Gasteiger partial charge in [-0.1, -0.05) is 6.92 Å². The van der Waals surface area contributed by atoms with Crippen LogP contribution in [0.2, 0.25) is 0 Å². The molecule has 0 spiro atoms. The highest BCUT2D eigenvalue weighted by Crippen LogP contribution is 2.09. The van der Waals surface area contributed by atoms with Gasteiger partial charge in [0, 0.05) is 0 Å². The summed E-state index contributed by atoms with van der Waals surface area (Å²) in [4.78, 5) is 0. The van der Waals surface area contributed by atoms with Crippen LogP contribution in [0.5, 0.6) is 0 Å². The summed E-state index contributed by atoms with van der Waals surface area (Å²) in [6.07, 6.45) is 0.153. The van der Waals surface area contributed by atoms with E-state index in [0.717, 1.165) is 0 Å². The van der Waals surface area contributed by atoms with Crippen molar-refractivity contribution in [2.75, 3.05) is 0 Å². The number of hydrogen-bond donors (Lipinski definition) is 0. The molecule has 0 N–H and O–H groups in total. The minimum atomic E-state index is -3.38. The Hall–Kier alpha value is -0.0900. The minimum Gasteiger partial charge on any atom is -0.226 e. The average Bonchev–Trinajstić information content (AvgIpc) is 1.86. The smallest absolute Gasteiger partial charge is 0.193 e. The molecule has 0 aliphatic carbocycles. The third kappa shape index (κ3) is 1.95. The molecule has 10 heavy (non-hydrogen) atoms. The van der Waals surface area contributed by atoms with Crippen LogP contribution in [0, 0.1) is 0 Å². The van der Waals surface area contributed by atoms with E-state index in [1.165, 1.54) is 13.8 Å². The van der Waals surface area contributed by atoms with Gasteiger partial charge in [0.1, 0.15) is 0 Å². The largest absolute Gasteiger partial charge is 0.226 e. The maximum absolute atomic E-state index is 10.9. The highest BCUT2D eigenvalue weighted by molar-refractivity contribution is 7.92. The van der Waals surface area contributed by atoms with Crippen molar-refractivity contribution in [3.05, 3.63) is 0 Å². The molecule has 0 aromatic heterocycles. The Morgan fingerprint density at radius 3 is 1.80 bits per heavy atom. The number of sulfone groups is 1. The van der Waals surface area contributed by atoms with E-state index in [9.17, 15) is 13.5 Å². The van der Waals surface area contributed by atoms with E-state index >= 15 is 0 Å². The molecule has 0 saturated heterocycles. The Labute approximate surface area is 62.0 Å². The fraction of sp³-hybridized carbons (Fsp3) is 1.00. The third-order valence-corrected chi connectivity index (χ3v) is 3.74. The highest BCUT2D eigenvalue weighted by atomic mass is 32.2. The molecule has 0 rings (SSSR count). The summed E-state index contributed by atoms with van der Waals surface area (Å²) in [6, 6.07) is 0. The van der Waals surface area contributed by atoms with E-state index in [2.05, 4.69) is 0 Å². The fourth-order valence-corrected chi connectivity index (χ4v) is 1.61. The second-order valence-electron chi connectivity index (χ2n) is 2.48. The Morgan fingerprint density at radius 1 is 1.30 bits per heavy atom. The first-order valence-electron chi connectivity index (χ1n) is 3.31. The monoisotopic (exact) mass is 165 g/mol. The maximum Gasteiger partial charge on any atom is 0.193 e. The van der Waals surface area contributed by atoms with Gasteiger partial charge in [0.25, 0.3) is 0 Å². The van der Waals surface area contributed by atoms with Crippen molar-refractivity contribution >= 4 is 9.84 Å². The molecule has 0 saturated carbocycles. The summed E-state index contributed by atoms with van der Waals surface area (Å²) in [7, 11) is -3.38. The average molecular weight is 165 g/mol. The second kappa shape index (κ2) is 3.34. The molecule has 1 radical (unpaired) electrons. The van der Waals surface area contributed by atoms with Crippen molar-refractivity contribution in [2.45, 2.75) is 37.9 Å². The fourth-order valence-electron chi connectivity index (χ4n) is 0.536. The number of hydrogen-bond acceptors (Lipinski definition) is 2. The Bertz CT molecular complexity index is 181. The molecule has 0 aromatic carbocycles. The Morgan fingerprint density at radius 2 is 1.70 bits per heavy atom. The van der Waals surface area contributed by atoms with Gasteiger partial charge >= 0.3 is 0 Å². The summed E-state index contributed by atoms with van der Waals surface area (Å²) in [6.45, 7) is 4.63. The van der Waals surface area contributed by atoms with E-state index in [-0.39, 0.29) is 6.42 Å². The van der Waals surface area contributed by atoms with Gasteiger partial charge in [-0.2, -0.15) is 0 Å². The van der Waals surface area contributed by atoms with E-state index in [0.29, 0.717) is 0 Å². The zero-order valence-electron chi connectivity index (χ0n) is 6.49. The van der Waals surface area contributed by atoms with Crippen molar-refractivity contribution in [1.82, 2.24) is 0 Å². The van der Waals surface area contributed by atoms with E-state index in [1.54, 1.807) is 6.92 Å². The van der Waals surface area contributed by atoms with E-state index in [4.69, 9.17) is 0 Å². The lowest BCUT2D eigenvalue weighted by Crippen LogP contribution is -2.26. The van der Waals surface area contributed by atoms with Gasteiger partial charge < -0.3 is 0 Å². The predicted octanol–water partition coefficient (Wildman–Crippen LogP) is 0.976. The summed E-state index contributed by atoms with van der Waals surface area (Å²) in [5, 5.41) is 10.2. The summed E-state index contributed by atoms with van der Waals surface area (Å²) >= 11 is 0. The zero-order valence-corrected chi connectivity index (χ0v) is 7.31.